The van der Waals surface area contributed by atoms with E-state index < -0.39 is 12.2 Å². The highest BCUT2D eigenvalue weighted by molar-refractivity contribution is 5.97. The van der Waals surface area contributed by atoms with Gasteiger partial charge < -0.3 is 20.7 Å². The molecular weight excluding hydrogens is 478 g/mol. The van der Waals surface area contributed by atoms with Gasteiger partial charge in [0.25, 0.3) is 0 Å². The number of Topliss-reactive ketones (excluding diaryl/α,β-unsaturated/α-hetero) is 1. The molecule has 10 atom stereocenters. The molecule has 0 amide bonds. The van der Waals surface area contributed by atoms with E-state index in [0.29, 0.717) is 30.9 Å². The maximum absolute atomic E-state index is 13.1. The number of esters is 1. The molecule has 0 unspecified atom stereocenters. The zero-order valence-corrected chi connectivity index (χ0v) is 24.4. The summed E-state index contributed by atoms with van der Waals surface area (Å²) in [6.45, 7) is 14.2. The Kier molecular flexibility index (Phi) is 7.95. The lowest BCUT2D eigenvalue weighted by Crippen LogP contribution is -2.68. The highest BCUT2D eigenvalue weighted by atomic mass is 16.5. The second-order valence-corrected chi connectivity index (χ2v) is 13.6. The summed E-state index contributed by atoms with van der Waals surface area (Å²) >= 11 is 0. The number of hydrogen-bond acceptors (Lipinski definition) is 6. The van der Waals surface area contributed by atoms with Gasteiger partial charge in [-0.1, -0.05) is 44.6 Å². The molecular formula is C32H49NO5. The second-order valence-electron chi connectivity index (χ2n) is 13.6. The van der Waals surface area contributed by atoms with Crippen molar-refractivity contribution in [1.29, 1.82) is 0 Å². The molecule has 0 spiro atoms. The van der Waals surface area contributed by atoms with E-state index in [9.17, 15) is 19.8 Å². The topological polar surface area (TPSA) is 110 Å². The number of ether oxygens (including phenoxy) is 1. The molecule has 212 valence electrons. The molecule has 4 saturated carbocycles. The molecule has 4 fully saturated rings. The highest BCUT2D eigenvalue weighted by Crippen LogP contribution is 2.74. The molecule has 0 aliphatic heterocycles. The van der Waals surface area contributed by atoms with E-state index in [1.165, 1.54) is 6.92 Å². The Morgan fingerprint density at radius 1 is 1.08 bits per heavy atom. The molecule has 38 heavy (non-hydrogen) atoms. The number of aliphatic hydroxyl groups excluding tert-OH is 2. The van der Waals surface area contributed by atoms with Gasteiger partial charge in [0.05, 0.1) is 12.2 Å². The predicted molar refractivity (Wildman–Crippen MR) is 149 cm³/mol. The minimum Gasteiger partial charge on any atom is -0.458 e. The first kappa shape index (κ1) is 29.2. The molecule has 0 aromatic carbocycles. The minimum atomic E-state index is -0.590. The van der Waals surface area contributed by atoms with Crippen LogP contribution in [0.4, 0.5) is 0 Å². The molecule has 6 heteroatoms. The summed E-state index contributed by atoms with van der Waals surface area (Å²) in [4.78, 5) is 25.4. The number of hydrogen-bond donors (Lipinski definition) is 3. The molecule has 4 N–H and O–H groups in total. The van der Waals surface area contributed by atoms with E-state index in [1.807, 2.05) is 32.1 Å². The number of fused-ring (bicyclic) bond motifs is 5. The maximum atomic E-state index is 13.1. The Morgan fingerprint density at radius 3 is 2.34 bits per heavy atom. The van der Waals surface area contributed by atoms with E-state index in [2.05, 4.69) is 20.8 Å². The number of carbonyl (C=O) groups is 2. The van der Waals surface area contributed by atoms with Gasteiger partial charge in [0.15, 0.2) is 5.78 Å². The first-order chi connectivity index (χ1) is 17.7. The fraction of sp³-hybridized carbons (Fsp3) is 0.750. The van der Waals surface area contributed by atoms with Crippen LogP contribution in [0.15, 0.2) is 34.9 Å². The minimum absolute atomic E-state index is 0.0192. The third-order valence-corrected chi connectivity index (χ3v) is 11.4. The summed E-state index contributed by atoms with van der Waals surface area (Å²) in [7, 11) is 0. The van der Waals surface area contributed by atoms with Crippen LogP contribution in [0.5, 0.6) is 0 Å². The molecule has 6 nitrogen and oxygen atoms in total. The van der Waals surface area contributed by atoms with Crippen LogP contribution in [-0.2, 0) is 14.3 Å². The lowest BCUT2D eigenvalue weighted by atomic mass is 9.36. The average Bonchev–Trinajstić information content (AvgIpc) is 3.09. The first-order valence-electron chi connectivity index (χ1n) is 14.5. The van der Waals surface area contributed by atoms with Crippen molar-refractivity contribution in [3.63, 3.8) is 0 Å². The molecule has 4 rings (SSSR count). The van der Waals surface area contributed by atoms with Gasteiger partial charge in [0.1, 0.15) is 6.10 Å². The molecule has 0 aromatic rings. The van der Waals surface area contributed by atoms with Crippen molar-refractivity contribution in [1.82, 2.24) is 0 Å². The fourth-order valence-corrected chi connectivity index (χ4v) is 9.81. The molecule has 0 heterocycles. The van der Waals surface area contributed by atoms with E-state index in [1.54, 1.807) is 6.92 Å². The van der Waals surface area contributed by atoms with Crippen molar-refractivity contribution in [2.24, 2.45) is 45.7 Å². The number of aliphatic hydroxyl groups is 2. The highest BCUT2D eigenvalue weighted by Gasteiger charge is 2.72. The van der Waals surface area contributed by atoms with Crippen molar-refractivity contribution in [3.8, 4) is 0 Å². The number of ketones is 1. The van der Waals surface area contributed by atoms with Gasteiger partial charge in [-0.05, 0) is 111 Å². The summed E-state index contributed by atoms with van der Waals surface area (Å²) in [5, 5.41) is 22.7. The van der Waals surface area contributed by atoms with Gasteiger partial charge in [-0.2, -0.15) is 0 Å². The predicted octanol–water partition coefficient (Wildman–Crippen LogP) is 4.89. The third kappa shape index (κ3) is 4.35. The van der Waals surface area contributed by atoms with Crippen LogP contribution >= 0.6 is 0 Å². The van der Waals surface area contributed by atoms with E-state index in [-0.39, 0.29) is 51.9 Å². The largest absolute Gasteiger partial charge is 0.458 e. The monoisotopic (exact) mass is 527 g/mol. The number of allylic oxidation sites excluding steroid dienone is 5. The van der Waals surface area contributed by atoms with Crippen LogP contribution in [0.3, 0.4) is 0 Å². The zero-order valence-electron chi connectivity index (χ0n) is 24.4. The smallest absolute Gasteiger partial charge is 0.303 e. The average molecular weight is 528 g/mol. The SMILES string of the molecule is CC(=O)O[C@H]1C[C@@]2(C)[C@@H](C[C@@H](O)[C@H]3[C@@]4(C)CC[C@@H](O)[C@@H](C)[C@@H]4CC[C@@]32CN)/C1=C(\C=C/C=C(C)C)C(C)=O. The summed E-state index contributed by atoms with van der Waals surface area (Å²) in [6.07, 6.45) is 8.82. The van der Waals surface area contributed by atoms with Crippen molar-refractivity contribution in [2.75, 3.05) is 6.54 Å². The van der Waals surface area contributed by atoms with Gasteiger partial charge in [-0.25, -0.2) is 0 Å². The van der Waals surface area contributed by atoms with E-state index in [0.717, 1.165) is 36.8 Å². The maximum Gasteiger partial charge on any atom is 0.303 e. The standard InChI is InChI=1S/C32H49NO5/c1-18(2)9-8-10-22(20(4)34)28-24-15-26(37)29-30(6)13-12-25(36)19(3)23(30)11-14-32(29,17-33)31(24,7)16-27(28)38-21(5)35/h8-10,19,23-27,29,36-37H,11-17,33H2,1-7H3/b10-8-,28-22-/t19-,23-,24-,25+,26+,27-,29-,30-,31-,32+/m0/s1. The molecule has 0 bridgehead atoms. The summed E-state index contributed by atoms with van der Waals surface area (Å²) in [5.41, 5.74) is 8.46. The van der Waals surface area contributed by atoms with Crippen molar-refractivity contribution in [3.05, 3.63) is 34.9 Å². The second kappa shape index (κ2) is 10.3. The molecule has 4 aliphatic rings. The Morgan fingerprint density at radius 2 is 1.76 bits per heavy atom. The quantitative estimate of drug-likeness (QED) is 0.267. The van der Waals surface area contributed by atoms with Gasteiger partial charge in [-0.3, -0.25) is 9.59 Å². The lowest BCUT2D eigenvalue weighted by molar-refractivity contribution is -0.237. The van der Waals surface area contributed by atoms with Gasteiger partial charge in [0.2, 0.25) is 0 Å². The molecule has 0 radical (unpaired) electrons. The van der Waals surface area contributed by atoms with Gasteiger partial charge in [0, 0.05) is 12.5 Å². The summed E-state index contributed by atoms with van der Waals surface area (Å²) in [6, 6.07) is 0. The van der Waals surface area contributed by atoms with E-state index >= 15 is 0 Å². The first-order valence-corrected chi connectivity index (χ1v) is 14.5. The lowest BCUT2D eigenvalue weighted by Gasteiger charge is -2.69. The summed E-state index contributed by atoms with van der Waals surface area (Å²) in [5.74, 6) is -0.0664. The normalized spacial score (nSPS) is 45.6. The third-order valence-electron chi connectivity index (χ3n) is 11.4. The van der Waals surface area contributed by atoms with Crippen molar-refractivity contribution < 1.29 is 24.5 Å². The Balaban J connectivity index is 1.89. The summed E-state index contributed by atoms with van der Waals surface area (Å²) < 4.78 is 5.95. The van der Waals surface area contributed by atoms with Crippen LogP contribution in [0.1, 0.15) is 87.0 Å². The van der Waals surface area contributed by atoms with Crippen LogP contribution in [0, 0.1) is 39.9 Å². The molecule has 0 aromatic heterocycles. The Labute approximate surface area is 228 Å². The Bertz CT molecular complexity index is 1060. The van der Waals surface area contributed by atoms with Crippen molar-refractivity contribution >= 4 is 11.8 Å². The van der Waals surface area contributed by atoms with Crippen LogP contribution in [0.25, 0.3) is 0 Å². The fourth-order valence-electron chi connectivity index (χ4n) is 9.81. The van der Waals surface area contributed by atoms with Crippen molar-refractivity contribution in [2.45, 2.75) is 105 Å². The van der Waals surface area contributed by atoms with Gasteiger partial charge >= 0.3 is 5.97 Å². The van der Waals surface area contributed by atoms with E-state index in [4.69, 9.17) is 10.5 Å². The van der Waals surface area contributed by atoms with Crippen LogP contribution in [-0.4, -0.2) is 46.8 Å². The van der Waals surface area contributed by atoms with Gasteiger partial charge in [-0.15, -0.1) is 0 Å². The zero-order chi connectivity index (χ0) is 28.2. The van der Waals surface area contributed by atoms with Crippen LogP contribution in [0.2, 0.25) is 0 Å². The number of nitrogens with two attached hydrogens (primary N) is 1. The number of rotatable bonds is 5. The molecule has 0 saturated heterocycles. The number of carbonyl (C=O) groups excluding carboxylic acids is 2. The Hall–Kier alpha value is -1.76. The molecule has 4 aliphatic carbocycles. The van der Waals surface area contributed by atoms with Crippen LogP contribution < -0.4 is 5.73 Å².